The predicted molar refractivity (Wildman–Crippen MR) is 93.2 cm³/mol. The molecule has 5 nitrogen and oxygen atoms in total. The quantitative estimate of drug-likeness (QED) is 0.881. The first kappa shape index (κ1) is 17.7. The molecule has 2 rings (SSSR count). The monoisotopic (exact) mass is 329 g/mol. The van der Waals surface area contributed by atoms with E-state index in [1.54, 1.807) is 12.1 Å². The molecule has 128 valence electrons. The van der Waals surface area contributed by atoms with E-state index < -0.39 is 0 Å². The molecule has 0 aliphatic carbocycles. The Hall–Kier alpha value is -2.69. The van der Waals surface area contributed by atoms with Crippen LogP contribution in [0.4, 0.5) is 0 Å². The predicted octanol–water partition coefficient (Wildman–Crippen LogP) is 3.51. The van der Waals surface area contributed by atoms with Crippen LogP contribution < -0.4 is 19.5 Å². The zero-order valence-electron chi connectivity index (χ0n) is 14.7. The van der Waals surface area contributed by atoms with Gasteiger partial charge in [0, 0.05) is 5.56 Å². The van der Waals surface area contributed by atoms with E-state index in [2.05, 4.69) is 5.32 Å². The Morgan fingerprint density at radius 3 is 2.08 bits per heavy atom. The van der Waals surface area contributed by atoms with E-state index in [9.17, 15) is 4.79 Å². The summed E-state index contributed by atoms with van der Waals surface area (Å²) in [7, 11) is 4.57. The lowest BCUT2D eigenvalue weighted by Crippen LogP contribution is -2.27. The molecule has 0 aliphatic rings. The van der Waals surface area contributed by atoms with Gasteiger partial charge in [-0.25, -0.2) is 0 Å². The fraction of sp³-hybridized carbons (Fsp3) is 0.316. The van der Waals surface area contributed by atoms with Crippen LogP contribution in [0.15, 0.2) is 36.4 Å². The highest BCUT2D eigenvalue weighted by molar-refractivity contribution is 5.95. The van der Waals surface area contributed by atoms with Gasteiger partial charge in [-0.1, -0.05) is 24.3 Å². The Morgan fingerprint density at radius 2 is 1.58 bits per heavy atom. The zero-order chi connectivity index (χ0) is 17.7. The van der Waals surface area contributed by atoms with Gasteiger partial charge in [-0.3, -0.25) is 4.79 Å². The lowest BCUT2D eigenvalue weighted by Gasteiger charge is -2.18. The summed E-state index contributed by atoms with van der Waals surface area (Å²) in [5.74, 6) is 1.16. The summed E-state index contributed by atoms with van der Waals surface area (Å²) in [6.45, 7) is 3.98. The molecule has 0 radical (unpaired) electrons. The van der Waals surface area contributed by atoms with Gasteiger partial charge in [-0.15, -0.1) is 0 Å². The molecule has 1 amide bonds. The van der Waals surface area contributed by atoms with Crippen LogP contribution in [0.25, 0.3) is 0 Å². The van der Waals surface area contributed by atoms with Gasteiger partial charge in [0.25, 0.3) is 5.91 Å². The number of benzene rings is 2. The fourth-order valence-corrected chi connectivity index (χ4v) is 2.64. The van der Waals surface area contributed by atoms with E-state index >= 15 is 0 Å². The molecule has 24 heavy (non-hydrogen) atoms. The summed E-state index contributed by atoms with van der Waals surface area (Å²) in [5.41, 5.74) is 2.67. The Morgan fingerprint density at radius 1 is 1.00 bits per heavy atom. The number of carbonyl (C=O) groups excluding carboxylic acids is 1. The average molecular weight is 329 g/mol. The molecule has 0 aliphatic heterocycles. The van der Waals surface area contributed by atoms with E-state index in [4.69, 9.17) is 14.2 Å². The molecule has 1 atom stereocenters. The number of hydrogen-bond donors (Lipinski definition) is 1. The van der Waals surface area contributed by atoms with E-state index in [0.29, 0.717) is 22.8 Å². The van der Waals surface area contributed by atoms with E-state index in [1.807, 2.05) is 38.1 Å². The third-order valence-corrected chi connectivity index (χ3v) is 3.93. The van der Waals surface area contributed by atoms with Gasteiger partial charge in [-0.05, 0) is 37.1 Å². The number of ether oxygens (including phenoxy) is 3. The van der Waals surface area contributed by atoms with Crippen molar-refractivity contribution in [2.75, 3.05) is 21.3 Å². The van der Waals surface area contributed by atoms with Crippen LogP contribution in [-0.2, 0) is 0 Å². The minimum atomic E-state index is -0.204. The van der Waals surface area contributed by atoms with Gasteiger partial charge in [0.05, 0.1) is 27.4 Å². The topological polar surface area (TPSA) is 56.8 Å². The molecule has 1 N–H and O–H groups in total. The molecular formula is C19H23NO4. The number of aryl methyl sites for hydroxylation is 1. The van der Waals surface area contributed by atoms with Crippen molar-refractivity contribution in [2.45, 2.75) is 19.9 Å². The van der Waals surface area contributed by atoms with Crippen molar-refractivity contribution in [1.82, 2.24) is 5.32 Å². The standard InChI is InChI=1S/C19H23NO4/c1-12-8-6-7-9-15(12)13(2)20-19(21)14-10-16(22-3)18(24-5)17(11-14)23-4/h6-11,13H,1-5H3,(H,20,21)/t13-/m1/s1. The van der Waals surface area contributed by atoms with Crippen LogP contribution in [0, 0.1) is 6.92 Å². The largest absolute Gasteiger partial charge is 0.493 e. The van der Waals surface area contributed by atoms with Crippen LogP contribution in [0.1, 0.15) is 34.5 Å². The van der Waals surface area contributed by atoms with Crippen LogP contribution in [-0.4, -0.2) is 27.2 Å². The van der Waals surface area contributed by atoms with Crippen molar-refractivity contribution in [1.29, 1.82) is 0 Å². The van der Waals surface area contributed by atoms with Crippen LogP contribution >= 0.6 is 0 Å². The SMILES string of the molecule is COc1cc(C(=O)N[C@H](C)c2ccccc2C)cc(OC)c1OC. The third-order valence-electron chi connectivity index (χ3n) is 3.93. The van der Waals surface area contributed by atoms with Crippen molar-refractivity contribution in [3.63, 3.8) is 0 Å². The van der Waals surface area contributed by atoms with Crippen LogP contribution in [0.3, 0.4) is 0 Å². The number of rotatable bonds is 6. The summed E-state index contributed by atoms with van der Waals surface area (Å²) in [5, 5.41) is 3.00. The second kappa shape index (κ2) is 7.73. The molecule has 0 saturated heterocycles. The molecular weight excluding hydrogens is 306 g/mol. The van der Waals surface area contributed by atoms with Crippen LogP contribution in [0.5, 0.6) is 17.2 Å². The zero-order valence-corrected chi connectivity index (χ0v) is 14.7. The number of amides is 1. The highest BCUT2D eigenvalue weighted by Gasteiger charge is 2.19. The maximum Gasteiger partial charge on any atom is 0.252 e. The fourth-order valence-electron chi connectivity index (χ4n) is 2.64. The molecule has 0 spiro atoms. The smallest absolute Gasteiger partial charge is 0.252 e. The van der Waals surface area contributed by atoms with Gasteiger partial charge in [-0.2, -0.15) is 0 Å². The summed E-state index contributed by atoms with van der Waals surface area (Å²) >= 11 is 0. The number of carbonyl (C=O) groups is 1. The van der Waals surface area contributed by atoms with Crippen molar-refractivity contribution < 1.29 is 19.0 Å². The minimum Gasteiger partial charge on any atom is -0.493 e. The van der Waals surface area contributed by atoms with Gasteiger partial charge in [0.2, 0.25) is 5.75 Å². The maximum atomic E-state index is 12.6. The normalized spacial score (nSPS) is 11.5. The Balaban J connectivity index is 2.28. The van der Waals surface area contributed by atoms with Gasteiger partial charge < -0.3 is 19.5 Å². The highest BCUT2D eigenvalue weighted by Crippen LogP contribution is 2.38. The summed E-state index contributed by atoms with van der Waals surface area (Å²) < 4.78 is 15.9. The molecule has 2 aromatic carbocycles. The number of methoxy groups -OCH3 is 3. The lowest BCUT2D eigenvalue weighted by molar-refractivity contribution is 0.0939. The third kappa shape index (κ3) is 3.62. The first-order chi connectivity index (χ1) is 11.5. The lowest BCUT2D eigenvalue weighted by atomic mass is 10.0. The van der Waals surface area contributed by atoms with E-state index in [0.717, 1.165) is 11.1 Å². The summed E-state index contributed by atoms with van der Waals surface area (Å²) in [6, 6.07) is 11.1. The Labute approximate surface area is 142 Å². The minimum absolute atomic E-state index is 0.113. The van der Waals surface area contributed by atoms with Crippen molar-refractivity contribution in [3.05, 3.63) is 53.1 Å². The Bertz CT molecular complexity index is 702. The molecule has 0 heterocycles. The van der Waals surface area contributed by atoms with Crippen molar-refractivity contribution >= 4 is 5.91 Å². The molecule has 0 aromatic heterocycles. The van der Waals surface area contributed by atoms with Gasteiger partial charge in [0.15, 0.2) is 11.5 Å². The highest BCUT2D eigenvalue weighted by atomic mass is 16.5. The van der Waals surface area contributed by atoms with E-state index in [-0.39, 0.29) is 11.9 Å². The summed E-state index contributed by atoms with van der Waals surface area (Å²) in [6.07, 6.45) is 0. The second-order valence-corrected chi connectivity index (χ2v) is 5.47. The molecule has 0 unspecified atom stereocenters. The maximum absolute atomic E-state index is 12.6. The van der Waals surface area contributed by atoms with E-state index in [1.165, 1.54) is 21.3 Å². The first-order valence-corrected chi connectivity index (χ1v) is 7.68. The first-order valence-electron chi connectivity index (χ1n) is 7.68. The average Bonchev–Trinajstić information content (AvgIpc) is 2.60. The molecule has 5 heteroatoms. The molecule has 2 aromatic rings. The van der Waals surface area contributed by atoms with Crippen LogP contribution in [0.2, 0.25) is 0 Å². The van der Waals surface area contributed by atoms with Gasteiger partial charge in [0.1, 0.15) is 0 Å². The molecule has 0 fully saturated rings. The molecule has 0 saturated carbocycles. The van der Waals surface area contributed by atoms with Crippen molar-refractivity contribution in [2.24, 2.45) is 0 Å². The Kier molecular flexibility index (Phi) is 5.68. The summed E-state index contributed by atoms with van der Waals surface area (Å²) in [4.78, 5) is 12.6. The molecule has 0 bridgehead atoms. The number of nitrogens with one attached hydrogen (secondary N) is 1. The van der Waals surface area contributed by atoms with Crippen molar-refractivity contribution in [3.8, 4) is 17.2 Å². The second-order valence-electron chi connectivity index (χ2n) is 5.47. The van der Waals surface area contributed by atoms with Gasteiger partial charge >= 0.3 is 0 Å². The number of hydrogen-bond acceptors (Lipinski definition) is 4.